The van der Waals surface area contributed by atoms with Gasteiger partial charge in [0.25, 0.3) is 0 Å². The molecule has 4 rings (SSSR count). The van der Waals surface area contributed by atoms with E-state index in [4.69, 9.17) is 9.15 Å². The van der Waals surface area contributed by atoms with Crippen LogP contribution in [0.4, 0.5) is 5.69 Å². The summed E-state index contributed by atoms with van der Waals surface area (Å²) in [4.78, 5) is 24.3. The molecule has 1 amide bonds. The van der Waals surface area contributed by atoms with Gasteiger partial charge in [-0.25, -0.2) is 4.79 Å². The van der Waals surface area contributed by atoms with Crippen LogP contribution in [0.2, 0.25) is 0 Å². The van der Waals surface area contributed by atoms with E-state index in [0.717, 1.165) is 18.6 Å². The van der Waals surface area contributed by atoms with E-state index >= 15 is 0 Å². The molecule has 0 bridgehead atoms. The molecule has 140 valence electrons. The van der Waals surface area contributed by atoms with Gasteiger partial charge in [0, 0.05) is 19.2 Å². The predicted molar refractivity (Wildman–Crippen MR) is 103 cm³/mol. The van der Waals surface area contributed by atoms with Gasteiger partial charge in [-0.2, -0.15) is 0 Å². The van der Waals surface area contributed by atoms with Crippen LogP contribution < -0.4 is 15.8 Å². The molecule has 1 atom stereocenters. The van der Waals surface area contributed by atoms with Crippen molar-refractivity contribution in [2.24, 2.45) is 13.0 Å². The molecule has 0 spiro atoms. The molecule has 0 saturated heterocycles. The Morgan fingerprint density at radius 1 is 1.26 bits per heavy atom. The number of carbonyl (C=O) groups excluding carboxylic acids is 1. The van der Waals surface area contributed by atoms with E-state index in [1.165, 1.54) is 10.1 Å². The van der Waals surface area contributed by atoms with Gasteiger partial charge in [-0.3, -0.25) is 9.36 Å². The van der Waals surface area contributed by atoms with E-state index in [-0.39, 0.29) is 11.8 Å². The van der Waals surface area contributed by atoms with E-state index in [0.29, 0.717) is 29.1 Å². The van der Waals surface area contributed by atoms with Crippen LogP contribution in [-0.2, 0) is 11.8 Å². The fraction of sp³-hybridized carbons (Fsp3) is 0.333. The summed E-state index contributed by atoms with van der Waals surface area (Å²) in [6, 6.07) is 13.2. The summed E-state index contributed by atoms with van der Waals surface area (Å²) in [6.45, 7) is 0. The van der Waals surface area contributed by atoms with Crippen molar-refractivity contribution in [1.29, 1.82) is 0 Å². The normalized spacial score (nSPS) is 14.9. The van der Waals surface area contributed by atoms with Crippen molar-refractivity contribution in [3.8, 4) is 5.75 Å². The van der Waals surface area contributed by atoms with Crippen LogP contribution in [0.1, 0.15) is 30.7 Å². The van der Waals surface area contributed by atoms with Crippen LogP contribution in [0.15, 0.2) is 51.7 Å². The Morgan fingerprint density at radius 3 is 2.67 bits per heavy atom. The molecule has 27 heavy (non-hydrogen) atoms. The molecule has 1 aromatic heterocycles. The van der Waals surface area contributed by atoms with E-state index < -0.39 is 5.76 Å². The van der Waals surface area contributed by atoms with Crippen LogP contribution in [0, 0.1) is 5.92 Å². The van der Waals surface area contributed by atoms with Gasteiger partial charge >= 0.3 is 5.76 Å². The maximum absolute atomic E-state index is 12.6. The first-order chi connectivity index (χ1) is 13.0. The average molecular weight is 366 g/mol. The molecule has 1 saturated carbocycles. The lowest BCUT2D eigenvalue weighted by Crippen LogP contribution is -2.17. The molecule has 1 aliphatic carbocycles. The van der Waals surface area contributed by atoms with Gasteiger partial charge in [0.1, 0.15) is 5.75 Å². The number of aryl methyl sites for hydroxylation is 1. The number of rotatable bonds is 6. The second kappa shape index (κ2) is 6.95. The van der Waals surface area contributed by atoms with Crippen molar-refractivity contribution >= 4 is 22.7 Å². The van der Waals surface area contributed by atoms with Crippen LogP contribution in [0.25, 0.3) is 11.1 Å². The number of benzene rings is 2. The molecule has 2 aromatic carbocycles. The smallest absolute Gasteiger partial charge is 0.419 e. The van der Waals surface area contributed by atoms with Crippen molar-refractivity contribution in [3.63, 3.8) is 0 Å². The number of amides is 1. The largest absolute Gasteiger partial charge is 0.497 e. The minimum absolute atomic E-state index is 0.0319. The first-order valence-corrected chi connectivity index (χ1v) is 9.08. The highest BCUT2D eigenvalue weighted by molar-refractivity contribution is 5.93. The molecule has 6 heteroatoms. The Morgan fingerprint density at radius 2 is 2.00 bits per heavy atom. The number of aromatic nitrogens is 1. The molecule has 3 aromatic rings. The van der Waals surface area contributed by atoms with Crippen LogP contribution in [0.5, 0.6) is 5.75 Å². The van der Waals surface area contributed by atoms with Crippen molar-refractivity contribution < 1.29 is 13.9 Å². The summed E-state index contributed by atoms with van der Waals surface area (Å²) in [5, 5.41) is 2.96. The number of hydrogen-bond acceptors (Lipinski definition) is 4. The molecule has 6 nitrogen and oxygen atoms in total. The maximum Gasteiger partial charge on any atom is 0.419 e. The van der Waals surface area contributed by atoms with Crippen molar-refractivity contribution in [1.82, 2.24) is 4.57 Å². The highest BCUT2D eigenvalue weighted by Crippen LogP contribution is 2.44. The molecule has 0 aliphatic heterocycles. The first-order valence-electron chi connectivity index (χ1n) is 9.08. The van der Waals surface area contributed by atoms with Gasteiger partial charge in [0.2, 0.25) is 5.91 Å². The molecule has 1 heterocycles. The van der Waals surface area contributed by atoms with Crippen molar-refractivity contribution in [2.75, 3.05) is 12.4 Å². The summed E-state index contributed by atoms with van der Waals surface area (Å²) < 4.78 is 11.8. The number of nitrogens with zero attached hydrogens (tertiary/aromatic N) is 1. The molecular weight excluding hydrogens is 344 g/mol. The number of ether oxygens (including phenoxy) is 1. The van der Waals surface area contributed by atoms with Crippen molar-refractivity contribution in [3.05, 3.63) is 58.6 Å². The Labute approximate surface area is 156 Å². The third-order valence-corrected chi connectivity index (χ3v) is 5.22. The fourth-order valence-electron chi connectivity index (χ4n) is 3.52. The Balaban J connectivity index is 1.50. The van der Waals surface area contributed by atoms with Crippen LogP contribution in [0.3, 0.4) is 0 Å². The number of anilines is 1. The molecule has 1 fully saturated rings. The number of carbonyl (C=O) groups is 1. The lowest BCUT2D eigenvalue weighted by Gasteiger charge is -2.17. The summed E-state index contributed by atoms with van der Waals surface area (Å²) in [5.74, 6) is 1.13. The van der Waals surface area contributed by atoms with Crippen molar-refractivity contribution in [2.45, 2.75) is 25.2 Å². The van der Waals surface area contributed by atoms with Gasteiger partial charge in [0.05, 0.1) is 12.6 Å². The Kier molecular flexibility index (Phi) is 4.48. The van der Waals surface area contributed by atoms with Gasteiger partial charge in [-0.15, -0.1) is 0 Å². The number of hydrogen-bond donors (Lipinski definition) is 1. The monoisotopic (exact) mass is 366 g/mol. The fourth-order valence-corrected chi connectivity index (χ4v) is 3.52. The topological polar surface area (TPSA) is 73.5 Å². The maximum atomic E-state index is 12.6. The highest BCUT2D eigenvalue weighted by atomic mass is 16.5. The summed E-state index contributed by atoms with van der Waals surface area (Å²) in [7, 11) is 3.29. The van der Waals surface area contributed by atoms with Gasteiger partial charge in [-0.1, -0.05) is 12.1 Å². The zero-order chi connectivity index (χ0) is 19.0. The molecule has 0 radical (unpaired) electrons. The first kappa shape index (κ1) is 17.4. The standard InChI is InChI=1S/C21H22N2O4/c1-23-18-11-15(7-10-19(18)27-21(23)25)22-20(24)12-17(13-3-4-13)14-5-8-16(26-2)9-6-14/h5-11,13,17H,3-4,12H2,1-2H3,(H,22,24). The minimum Gasteiger partial charge on any atom is -0.497 e. The van der Waals surface area contributed by atoms with E-state index in [2.05, 4.69) is 5.32 Å². The van der Waals surface area contributed by atoms with Gasteiger partial charge in [-0.05, 0) is 60.6 Å². The second-order valence-electron chi connectivity index (χ2n) is 7.08. The minimum atomic E-state index is -0.415. The van der Waals surface area contributed by atoms with E-state index in [9.17, 15) is 9.59 Å². The lowest BCUT2D eigenvalue weighted by atomic mass is 9.90. The number of methoxy groups -OCH3 is 1. The zero-order valence-electron chi connectivity index (χ0n) is 15.4. The summed E-state index contributed by atoms with van der Waals surface area (Å²) in [6.07, 6.45) is 2.75. The Hall–Kier alpha value is -3.02. The zero-order valence-corrected chi connectivity index (χ0v) is 15.4. The number of fused-ring (bicyclic) bond motifs is 1. The van der Waals surface area contributed by atoms with Crippen LogP contribution >= 0.6 is 0 Å². The highest BCUT2D eigenvalue weighted by Gasteiger charge is 2.33. The molecule has 1 N–H and O–H groups in total. The number of nitrogens with one attached hydrogen (secondary N) is 1. The molecule has 1 unspecified atom stereocenters. The predicted octanol–water partition coefficient (Wildman–Crippen LogP) is 3.66. The average Bonchev–Trinajstić information content (AvgIpc) is 3.47. The SMILES string of the molecule is COc1ccc(C(CC(=O)Nc2ccc3oc(=O)n(C)c3c2)C2CC2)cc1. The lowest BCUT2D eigenvalue weighted by molar-refractivity contribution is -0.116. The molecular formula is C21H22N2O4. The second-order valence-corrected chi connectivity index (χ2v) is 7.08. The van der Waals surface area contributed by atoms with Gasteiger partial charge in [0.15, 0.2) is 5.58 Å². The van der Waals surface area contributed by atoms with Crippen LogP contribution in [-0.4, -0.2) is 17.6 Å². The van der Waals surface area contributed by atoms with Gasteiger partial charge < -0.3 is 14.5 Å². The Bertz CT molecular complexity index is 1030. The molecule has 1 aliphatic rings. The third-order valence-electron chi connectivity index (χ3n) is 5.22. The summed E-state index contributed by atoms with van der Waals surface area (Å²) >= 11 is 0. The summed E-state index contributed by atoms with van der Waals surface area (Å²) in [5.41, 5.74) is 3.00. The van der Waals surface area contributed by atoms with E-state index in [1.807, 2.05) is 24.3 Å². The number of oxazole rings is 1. The van der Waals surface area contributed by atoms with E-state index in [1.54, 1.807) is 32.4 Å². The quantitative estimate of drug-likeness (QED) is 0.722. The third kappa shape index (κ3) is 3.60.